The van der Waals surface area contributed by atoms with Crippen LogP contribution in [0.2, 0.25) is 0 Å². The summed E-state index contributed by atoms with van der Waals surface area (Å²) in [6, 6.07) is 10.1. The van der Waals surface area contributed by atoms with Crippen molar-refractivity contribution in [3.63, 3.8) is 0 Å². The molecule has 0 saturated carbocycles. The van der Waals surface area contributed by atoms with E-state index in [0.29, 0.717) is 6.61 Å². The minimum Gasteiger partial charge on any atom is -0.296 e. The van der Waals surface area contributed by atoms with Gasteiger partial charge in [-0.15, -0.1) is 0 Å². The number of benzene rings is 1. The van der Waals surface area contributed by atoms with Crippen molar-refractivity contribution in [1.82, 2.24) is 15.4 Å². The Balaban J connectivity index is 1.86. The summed E-state index contributed by atoms with van der Waals surface area (Å²) < 4.78 is 0. The van der Waals surface area contributed by atoms with Crippen LogP contribution in [0.15, 0.2) is 42.7 Å². The van der Waals surface area contributed by atoms with Crippen molar-refractivity contribution in [2.75, 3.05) is 0 Å². The minimum absolute atomic E-state index is 0.0161. The standard InChI is InChI=1S/C14H17N3O/c1-11-14(16-9-8-15-11)12(2)17-18-10-13-6-4-3-5-7-13/h3-9,12,17H,10H2,1-2H3. The Hall–Kier alpha value is -1.78. The van der Waals surface area contributed by atoms with E-state index in [9.17, 15) is 0 Å². The van der Waals surface area contributed by atoms with Gasteiger partial charge in [0, 0.05) is 12.4 Å². The van der Waals surface area contributed by atoms with E-state index in [1.54, 1.807) is 12.4 Å². The Labute approximate surface area is 107 Å². The van der Waals surface area contributed by atoms with Crippen molar-refractivity contribution in [2.45, 2.75) is 26.5 Å². The summed E-state index contributed by atoms with van der Waals surface area (Å²) in [5, 5.41) is 0. The lowest BCUT2D eigenvalue weighted by Gasteiger charge is -2.14. The zero-order chi connectivity index (χ0) is 12.8. The lowest BCUT2D eigenvalue weighted by Crippen LogP contribution is -2.21. The zero-order valence-corrected chi connectivity index (χ0v) is 10.6. The van der Waals surface area contributed by atoms with Gasteiger partial charge in [-0.2, -0.15) is 5.48 Å². The first kappa shape index (κ1) is 12.7. The minimum atomic E-state index is 0.0161. The third kappa shape index (κ3) is 3.35. The van der Waals surface area contributed by atoms with Crippen molar-refractivity contribution in [1.29, 1.82) is 0 Å². The van der Waals surface area contributed by atoms with Crippen LogP contribution in [0.25, 0.3) is 0 Å². The first-order valence-electron chi connectivity index (χ1n) is 5.96. The van der Waals surface area contributed by atoms with Gasteiger partial charge < -0.3 is 0 Å². The summed E-state index contributed by atoms with van der Waals surface area (Å²) >= 11 is 0. The molecule has 0 aliphatic heterocycles. The van der Waals surface area contributed by atoms with E-state index in [1.807, 2.05) is 44.2 Å². The van der Waals surface area contributed by atoms with E-state index in [-0.39, 0.29) is 6.04 Å². The molecule has 0 radical (unpaired) electrons. The van der Waals surface area contributed by atoms with Crippen molar-refractivity contribution >= 4 is 0 Å². The van der Waals surface area contributed by atoms with Gasteiger partial charge in [-0.1, -0.05) is 30.3 Å². The first-order valence-corrected chi connectivity index (χ1v) is 5.96. The third-order valence-electron chi connectivity index (χ3n) is 2.67. The van der Waals surface area contributed by atoms with Gasteiger partial charge in [-0.05, 0) is 19.4 Å². The van der Waals surface area contributed by atoms with Crippen LogP contribution in [0.1, 0.15) is 29.9 Å². The van der Waals surface area contributed by atoms with E-state index >= 15 is 0 Å². The molecular weight excluding hydrogens is 226 g/mol. The lowest BCUT2D eigenvalue weighted by molar-refractivity contribution is 0.00589. The SMILES string of the molecule is Cc1nccnc1C(C)NOCc1ccccc1. The third-order valence-corrected chi connectivity index (χ3v) is 2.67. The van der Waals surface area contributed by atoms with Crippen LogP contribution in [0.5, 0.6) is 0 Å². The molecule has 1 N–H and O–H groups in total. The molecule has 1 aromatic carbocycles. The number of hydroxylamine groups is 1. The number of aromatic nitrogens is 2. The molecule has 0 amide bonds. The molecule has 1 atom stereocenters. The van der Waals surface area contributed by atoms with E-state index in [4.69, 9.17) is 4.84 Å². The van der Waals surface area contributed by atoms with Crippen molar-refractivity contribution in [2.24, 2.45) is 0 Å². The Morgan fingerprint density at radius 3 is 2.61 bits per heavy atom. The van der Waals surface area contributed by atoms with Crippen molar-refractivity contribution in [3.8, 4) is 0 Å². The number of nitrogens with zero attached hydrogens (tertiary/aromatic N) is 2. The van der Waals surface area contributed by atoms with Gasteiger partial charge in [-0.3, -0.25) is 14.8 Å². The van der Waals surface area contributed by atoms with Crippen molar-refractivity contribution in [3.05, 3.63) is 59.7 Å². The van der Waals surface area contributed by atoms with Gasteiger partial charge in [0.1, 0.15) is 0 Å². The van der Waals surface area contributed by atoms with Crippen LogP contribution in [-0.2, 0) is 11.4 Å². The summed E-state index contributed by atoms with van der Waals surface area (Å²) in [5.41, 5.74) is 5.94. The van der Waals surface area contributed by atoms with Gasteiger partial charge >= 0.3 is 0 Å². The topological polar surface area (TPSA) is 47.0 Å². The van der Waals surface area contributed by atoms with Gasteiger partial charge in [0.15, 0.2) is 0 Å². The molecule has 1 unspecified atom stereocenters. The molecular formula is C14H17N3O. The monoisotopic (exact) mass is 243 g/mol. The van der Waals surface area contributed by atoms with Crippen LogP contribution in [0, 0.1) is 6.92 Å². The largest absolute Gasteiger partial charge is 0.296 e. The fourth-order valence-electron chi connectivity index (χ4n) is 1.72. The normalized spacial score (nSPS) is 12.3. The predicted molar refractivity (Wildman–Crippen MR) is 69.6 cm³/mol. The van der Waals surface area contributed by atoms with Gasteiger partial charge in [0.05, 0.1) is 24.0 Å². The van der Waals surface area contributed by atoms with E-state index < -0.39 is 0 Å². The average molecular weight is 243 g/mol. The molecule has 4 nitrogen and oxygen atoms in total. The quantitative estimate of drug-likeness (QED) is 0.820. The highest BCUT2D eigenvalue weighted by molar-refractivity contribution is 5.14. The summed E-state index contributed by atoms with van der Waals surface area (Å²) in [7, 11) is 0. The van der Waals surface area contributed by atoms with Crippen LogP contribution >= 0.6 is 0 Å². The maximum atomic E-state index is 5.47. The molecule has 1 aromatic heterocycles. The summed E-state index contributed by atoms with van der Waals surface area (Å²) in [5.74, 6) is 0. The zero-order valence-electron chi connectivity index (χ0n) is 10.6. The average Bonchev–Trinajstić information content (AvgIpc) is 2.40. The molecule has 0 aliphatic carbocycles. The molecule has 94 valence electrons. The summed E-state index contributed by atoms with van der Waals surface area (Å²) in [4.78, 5) is 14.0. The highest BCUT2D eigenvalue weighted by atomic mass is 16.6. The number of aryl methyl sites for hydroxylation is 1. The smallest absolute Gasteiger partial charge is 0.0933 e. The number of hydrogen-bond acceptors (Lipinski definition) is 4. The van der Waals surface area contributed by atoms with E-state index in [2.05, 4.69) is 15.4 Å². The second-order valence-corrected chi connectivity index (χ2v) is 4.14. The Morgan fingerprint density at radius 2 is 1.89 bits per heavy atom. The van der Waals surface area contributed by atoms with Crippen molar-refractivity contribution < 1.29 is 4.84 Å². The molecule has 0 spiro atoms. The highest BCUT2D eigenvalue weighted by Gasteiger charge is 2.09. The molecule has 0 saturated heterocycles. The molecule has 2 aromatic rings. The van der Waals surface area contributed by atoms with Gasteiger partial charge in [0.2, 0.25) is 0 Å². The molecule has 0 aliphatic rings. The second-order valence-electron chi connectivity index (χ2n) is 4.14. The number of nitrogens with one attached hydrogen (secondary N) is 1. The van der Waals surface area contributed by atoms with Crippen LogP contribution in [0.4, 0.5) is 0 Å². The van der Waals surface area contributed by atoms with Crippen LogP contribution in [-0.4, -0.2) is 9.97 Å². The molecule has 2 rings (SSSR count). The first-order chi connectivity index (χ1) is 8.77. The van der Waals surface area contributed by atoms with Gasteiger partial charge in [0.25, 0.3) is 0 Å². The highest BCUT2D eigenvalue weighted by Crippen LogP contribution is 2.11. The Bertz CT molecular complexity index is 487. The molecule has 0 bridgehead atoms. The second kappa shape index (κ2) is 6.23. The Morgan fingerprint density at radius 1 is 1.17 bits per heavy atom. The maximum Gasteiger partial charge on any atom is 0.0933 e. The fourth-order valence-corrected chi connectivity index (χ4v) is 1.72. The van der Waals surface area contributed by atoms with Gasteiger partial charge in [-0.25, -0.2) is 0 Å². The summed E-state index contributed by atoms with van der Waals surface area (Å²) in [6.45, 7) is 4.48. The molecule has 1 heterocycles. The Kier molecular flexibility index (Phi) is 4.39. The lowest BCUT2D eigenvalue weighted by atomic mass is 10.2. The van der Waals surface area contributed by atoms with Crippen LogP contribution < -0.4 is 5.48 Å². The number of rotatable bonds is 5. The fraction of sp³-hybridized carbons (Fsp3) is 0.286. The van der Waals surface area contributed by atoms with E-state index in [1.165, 1.54) is 0 Å². The summed E-state index contributed by atoms with van der Waals surface area (Å²) in [6.07, 6.45) is 3.38. The molecule has 4 heteroatoms. The molecule has 18 heavy (non-hydrogen) atoms. The van der Waals surface area contributed by atoms with E-state index in [0.717, 1.165) is 17.0 Å². The molecule has 0 fully saturated rings. The predicted octanol–water partition coefficient (Wildman–Crippen LogP) is 2.57. The van der Waals surface area contributed by atoms with Crippen LogP contribution in [0.3, 0.4) is 0 Å². The maximum absolute atomic E-state index is 5.47. The number of hydrogen-bond donors (Lipinski definition) is 1.